The Morgan fingerprint density at radius 1 is 1.31 bits per heavy atom. The second-order valence-electron chi connectivity index (χ2n) is 4.44. The number of carboxylic acid groups (broad SMARTS) is 1. The number of rotatable bonds is 4. The molecule has 0 aliphatic rings. The number of aryl methyl sites for hydroxylation is 1. The normalized spacial score (nSPS) is 11.5. The summed E-state index contributed by atoms with van der Waals surface area (Å²) in [6.45, 7) is 3.43. The summed E-state index contributed by atoms with van der Waals surface area (Å²) < 4.78 is 0. The van der Waals surface area contributed by atoms with Crippen molar-refractivity contribution in [3.8, 4) is 0 Å². The van der Waals surface area contributed by atoms with Gasteiger partial charge in [0.15, 0.2) is 0 Å². The minimum Gasteiger partial charge on any atom is -0.481 e. The van der Waals surface area contributed by atoms with Crippen LogP contribution in [0.5, 0.6) is 0 Å². The maximum atomic E-state index is 10.9. The fourth-order valence-electron chi connectivity index (χ4n) is 1.26. The van der Waals surface area contributed by atoms with Gasteiger partial charge in [0.1, 0.15) is 0 Å². The van der Waals surface area contributed by atoms with Crippen molar-refractivity contribution in [2.75, 3.05) is 0 Å². The highest BCUT2D eigenvalue weighted by Gasteiger charge is 2.26. The van der Waals surface area contributed by atoms with Crippen molar-refractivity contribution in [3.05, 3.63) is 33.8 Å². The zero-order valence-corrected chi connectivity index (χ0v) is 10.8. The first-order valence-corrected chi connectivity index (χ1v) is 5.76. The summed E-state index contributed by atoms with van der Waals surface area (Å²) in [4.78, 5) is 10.9. The molecule has 0 radical (unpaired) electrons. The van der Waals surface area contributed by atoms with Gasteiger partial charge in [-0.2, -0.15) is 0 Å². The van der Waals surface area contributed by atoms with Gasteiger partial charge in [0, 0.05) is 0 Å². The number of hydrogen-bond donors (Lipinski definition) is 1. The standard InChI is InChI=1S/C12H14Cl2O2/c1-12(2,11(15)16)6-5-8-3-4-9(13)10(14)7-8/h3-4,7H,5-6H2,1-2H3,(H,15,16). The third-order valence-electron chi connectivity index (χ3n) is 2.60. The van der Waals surface area contributed by atoms with Crippen molar-refractivity contribution in [1.82, 2.24) is 0 Å². The summed E-state index contributed by atoms with van der Waals surface area (Å²) in [5.74, 6) is -0.785. The van der Waals surface area contributed by atoms with E-state index in [1.807, 2.05) is 6.07 Å². The van der Waals surface area contributed by atoms with Gasteiger partial charge in [-0.3, -0.25) is 4.79 Å². The minimum atomic E-state index is -0.785. The molecule has 1 aromatic carbocycles. The monoisotopic (exact) mass is 260 g/mol. The van der Waals surface area contributed by atoms with E-state index < -0.39 is 11.4 Å². The maximum Gasteiger partial charge on any atom is 0.309 e. The highest BCUT2D eigenvalue weighted by molar-refractivity contribution is 6.42. The molecule has 4 heteroatoms. The topological polar surface area (TPSA) is 37.3 Å². The number of benzene rings is 1. The summed E-state index contributed by atoms with van der Waals surface area (Å²) in [7, 11) is 0. The second-order valence-corrected chi connectivity index (χ2v) is 5.25. The predicted molar refractivity (Wildman–Crippen MR) is 66.2 cm³/mol. The van der Waals surface area contributed by atoms with Crippen LogP contribution >= 0.6 is 23.2 Å². The quantitative estimate of drug-likeness (QED) is 0.888. The van der Waals surface area contributed by atoms with Crippen molar-refractivity contribution in [2.24, 2.45) is 5.41 Å². The molecule has 1 N–H and O–H groups in total. The molecule has 1 rings (SSSR count). The Morgan fingerprint density at radius 3 is 2.44 bits per heavy atom. The van der Waals surface area contributed by atoms with E-state index in [1.54, 1.807) is 26.0 Å². The molecule has 16 heavy (non-hydrogen) atoms. The molecule has 0 fully saturated rings. The lowest BCUT2D eigenvalue weighted by Crippen LogP contribution is -2.24. The van der Waals surface area contributed by atoms with Crippen LogP contribution in [-0.2, 0) is 11.2 Å². The third kappa shape index (κ3) is 3.39. The molecule has 0 aliphatic carbocycles. The highest BCUT2D eigenvalue weighted by atomic mass is 35.5. The summed E-state index contributed by atoms with van der Waals surface area (Å²) in [5.41, 5.74) is 0.287. The van der Waals surface area contributed by atoms with E-state index in [4.69, 9.17) is 28.3 Å². The van der Waals surface area contributed by atoms with Crippen molar-refractivity contribution >= 4 is 29.2 Å². The number of halogens is 2. The van der Waals surface area contributed by atoms with E-state index >= 15 is 0 Å². The van der Waals surface area contributed by atoms with Gasteiger partial charge in [-0.05, 0) is 44.4 Å². The van der Waals surface area contributed by atoms with Crippen molar-refractivity contribution < 1.29 is 9.90 Å². The molecule has 0 heterocycles. The first-order valence-electron chi connectivity index (χ1n) is 5.00. The Bertz CT molecular complexity index is 400. The number of hydrogen-bond acceptors (Lipinski definition) is 1. The average molecular weight is 261 g/mol. The van der Waals surface area contributed by atoms with Gasteiger partial charge in [-0.15, -0.1) is 0 Å². The summed E-state index contributed by atoms with van der Waals surface area (Å²) in [6, 6.07) is 5.38. The van der Waals surface area contributed by atoms with E-state index in [9.17, 15) is 4.79 Å². The molecule has 0 saturated carbocycles. The maximum absolute atomic E-state index is 10.9. The zero-order chi connectivity index (χ0) is 12.3. The van der Waals surface area contributed by atoms with Gasteiger partial charge < -0.3 is 5.11 Å². The van der Waals surface area contributed by atoms with Gasteiger partial charge >= 0.3 is 5.97 Å². The fraction of sp³-hybridized carbons (Fsp3) is 0.417. The summed E-state index contributed by atoms with van der Waals surface area (Å²) >= 11 is 11.7. The fourth-order valence-corrected chi connectivity index (χ4v) is 1.58. The molecule has 0 aromatic heterocycles. The lowest BCUT2D eigenvalue weighted by molar-refractivity contribution is -0.147. The Hall–Kier alpha value is -0.730. The molecule has 1 aromatic rings. The highest BCUT2D eigenvalue weighted by Crippen LogP contribution is 2.26. The number of carbonyl (C=O) groups is 1. The van der Waals surface area contributed by atoms with Crippen LogP contribution in [0.2, 0.25) is 10.0 Å². The van der Waals surface area contributed by atoms with Crippen LogP contribution < -0.4 is 0 Å². The lowest BCUT2D eigenvalue weighted by atomic mass is 9.86. The second kappa shape index (κ2) is 5.07. The van der Waals surface area contributed by atoms with Gasteiger partial charge in [-0.25, -0.2) is 0 Å². The number of carboxylic acids is 1. The molecular weight excluding hydrogens is 247 g/mol. The van der Waals surface area contributed by atoms with Gasteiger partial charge in [0.25, 0.3) is 0 Å². The van der Waals surface area contributed by atoms with Gasteiger partial charge in [0.2, 0.25) is 0 Å². The Morgan fingerprint density at radius 2 is 1.94 bits per heavy atom. The smallest absolute Gasteiger partial charge is 0.309 e. The summed E-state index contributed by atoms with van der Waals surface area (Å²) in [5, 5.41) is 9.99. The van der Waals surface area contributed by atoms with Gasteiger partial charge in [0.05, 0.1) is 15.5 Å². The van der Waals surface area contributed by atoms with Crippen LogP contribution in [0, 0.1) is 5.41 Å². The molecule has 0 amide bonds. The van der Waals surface area contributed by atoms with Gasteiger partial charge in [-0.1, -0.05) is 29.3 Å². The molecule has 0 aliphatic heterocycles. The molecule has 0 atom stereocenters. The largest absolute Gasteiger partial charge is 0.481 e. The molecular formula is C12H14Cl2O2. The van der Waals surface area contributed by atoms with E-state index in [0.717, 1.165) is 5.56 Å². The van der Waals surface area contributed by atoms with Crippen LogP contribution in [0.25, 0.3) is 0 Å². The molecule has 0 bridgehead atoms. The van der Waals surface area contributed by atoms with Crippen LogP contribution in [0.4, 0.5) is 0 Å². The molecule has 0 unspecified atom stereocenters. The Balaban J connectivity index is 2.68. The Kier molecular flexibility index (Phi) is 4.22. The first kappa shape index (κ1) is 13.3. The SMILES string of the molecule is CC(C)(CCc1ccc(Cl)c(Cl)c1)C(=O)O. The molecule has 2 nitrogen and oxygen atoms in total. The van der Waals surface area contributed by atoms with E-state index in [1.165, 1.54) is 0 Å². The summed E-state index contributed by atoms with van der Waals surface area (Å²) in [6.07, 6.45) is 1.25. The van der Waals surface area contributed by atoms with E-state index in [2.05, 4.69) is 0 Å². The van der Waals surface area contributed by atoms with Crippen molar-refractivity contribution in [3.63, 3.8) is 0 Å². The lowest BCUT2D eigenvalue weighted by Gasteiger charge is -2.18. The average Bonchev–Trinajstić information content (AvgIpc) is 2.20. The molecule has 0 saturated heterocycles. The first-order chi connectivity index (χ1) is 7.33. The predicted octanol–water partition coefficient (Wildman–Crippen LogP) is 4.04. The minimum absolute atomic E-state index is 0.507. The molecule has 0 spiro atoms. The van der Waals surface area contributed by atoms with Crippen LogP contribution in [0.15, 0.2) is 18.2 Å². The van der Waals surface area contributed by atoms with Crippen molar-refractivity contribution in [1.29, 1.82) is 0 Å². The van der Waals surface area contributed by atoms with Crippen LogP contribution in [0.1, 0.15) is 25.8 Å². The third-order valence-corrected chi connectivity index (χ3v) is 3.34. The van der Waals surface area contributed by atoms with Crippen LogP contribution in [0.3, 0.4) is 0 Å². The Labute approximate surface area is 105 Å². The zero-order valence-electron chi connectivity index (χ0n) is 9.26. The van der Waals surface area contributed by atoms with Crippen molar-refractivity contribution in [2.45, 2.75) is 26.7 Å². The van der Waals surface area contributed by atoms with E-state index in [0.29, 0.717) is 22.9 Å². The number of aliphatic carboxylic acids is 1. The molecule has 88 valence electrons. The van der Waals surface area contributed by atoms with E-state index in [-0.39, 0.29) is 0 Å². The van der Waals surface area contributed by atoms with Crippen LogP contribution in [-0.4, -0.2) is 11.1 Å².